The van der Waals surface area contributed by atoms with Crippen LogP contribution in [0, 0.1) is 17.8 Å². The molecule has 0 amide bonds. The normalized spacial score (nSPS) is 24.0. The first kappa shape index (κ1) is 15.9. The van der Waals surface area contributed by atoms with E-state index >= 15 is 0 Å². The molecule has 1 saturated carbocycles. The van der Waals surface area contributed by atoms with Gasteiger partial charge >= 0.3 is 0 Å². The molecule has 1 aromatic rings. The summed E-state index contributed by atoms with van der Waals surface area (Å²) < 4.78 is 0. The average molecular weight is 347 g/mol. The van der Waals surface area contributed by atoms with Crippen LogP contribution in [0.3, 0.4) is 0 Å². The van der Waals surface area contributed by atoms with Crippen LogP contribution < -0.4 is 4.90 Å². The van der Waals surface area contributed by atoms with Gasteiger partial charge in [0.05, 0.1) is 17.0 Å². The van der Waals surface area contributed by atoms with Crippen LogP contribution in [-0.4, -0.2) is 41.8 Å². The van der Waals surface area contributed by atoms with E-state index in [1.807, 2.05) is 0 Å². The third-order valence-electron chi connectivity index (χ3n) is 6.93. The molecule has 5 rings (SSSR count). The number of piperidine rings is 1. The van der Waals surface area contributed by atoms with Crippen molar-refractivity contribution in [2.45, 2.75) is 44.9 Å². The largest absolute Gasteiger partial charge is 0.369 e. The minimum atomic E-state index is 0.0671. The van der Waals surface area contributed by atoms with Crippen molar-refractivity contribution in [2.75, 3.05) is 31.1 Å². The highest BCUT2D eigenvalue weighted by Gasteiger charge is 2.41. The van der Waals surface area contributed by atoms with Gasteiger partial charge < -0.3 is 9.80 Å². The maximum atomic E-state index is 12.7. The number of ketones is 1. The molecule has 2 aliphatic carbocycles. The number of likely N-dealkylation sites (tertiary alicyclic amines) is 1. The van der Waals surface area contributed by atoms with E-state index in [1.54, 1.807) is 0 Å². The highest BCUT2D eigenvalue weighted by Crippen LogP contribution is 2.50. The van der Waals surface area contributed by atoms with Crippen molar-refractivity contribution in [1.82, 2.24) is 9.88 Å². The lowest BCUT2D eigenvalue weighted by atomic mass is 9.63. The van der Waals surface area contributed by atoms with Crippen molar-refractivity contribution >= 4 is 17.3 Å². The quantitative estimate of drug-likeness (QED) is 0.771. The fourth-order valence-corrected chi connectivity index (χ4v) is 4.90. The van der Waals surface area contributed by atoms with Gasteiger partial charge in [-0.15, -0.1) is 6.42 Å². The summed E-state index contributed by atoms with van der Waals surface area (Å²) in [6, 6.07) is 4.14. The molecule has 0 aromatic carbocycles. The van der Waals surface area contributed by atoms with Gasteiger partial charge in [0, 0.05) is 32.6 Å². The molecule has 0 bridgehead atoms. The van der Waals surface area contributed by atoms with Gasteiger partial charge in [0.1, 0.15) is 5.82 Å². The van der Waals surface area contributed by atoms with Crippen molar-refractivity contribution in [2.24, 2.45) is 5.41 Å². The zero-order valence-electron chi connectivity index (χ0n) is 15.3. The standard InChI is InChI=1S/C22H25N3O/c1-2-17-18(26)15-16-5-6-19(24-11-4-12-24)23-20(16)21(17)25-13-9-22(10-14-25)7-3-8-22/h1,5-6H,3-4,7-15H2. The lowest BCUT2D eigenvalue weighted by Crippen LogP contribution is -2.44. The minimum absolute atomic E-state index is 0.0671. The molecule has 4 nitrogen and oxygen atoms in total. The average Bonchev–Trinajstić information content (AvgIpc) is 2.58. The van der Waals surface area contributed by atoms with Crippen LogP contribution in [0.2, 0.25) is 0 Å². The third kappa shape index (κ3) is 2.37. The third-order valence-corrected chi connectivity index (χ3v) is 6.93. The van der Waals surface area contributed by atoms with Gasteiger partial charge in [-0.3, -0.25) is 4.79 Å². The van der Waals surface area contributed by atoms with E-state index in [0.29, 0.717) is 17.4 Å². The molecular formula is C22H25N3O. The van der Waals surface area contributed by atoms with Gasteiger partial charge in [0.2, 0.25) is 0 Å². The van der Waals surface area contributed by atoms with Crippen molar-refractivity contribution in [3.8, 4) is 12.3 Å². The van der Waals surface area contributed by atoms with E-state index in [-0.39, 0.29) is 5.78 Å². The first-order valence-corrected chi connectivity index (χ1v) is 9.93. The Morgan fingerprint density at radius 3 is 2.35 bits per heavy atom. The number of carbonyl (C=O) groups is 1. The molecule has 2 aliphatic heterocycles. The number of aromatic nitrogens is 1. The number of fused-ring (bicyclic) bond motifs is 1. The van der Waals surface area contributed by atoms with Gasteiger partial charge in [0.15, 0.2) is 5.78 Å². The van der Waals surface area contributed by atoms with Crippen molar-refractivity contribution in [3.63, 3.8) is 0 Å². The van der Waals surface area contributed by atoms with Gasteiger partial charge in [-0.25, -0.2) is 4.98 Å². The van der Waals surface area contributed by atoms with E-state index in [2.05, 4.69) is 27.9 Å². The Bertz CT molecular complexity index is 829. The van der Waals surface area contributed by atoms with Crippen LogP contribution in [0.4, 0.5) is 5.82 Å². The maximum absolute atomic E-state index is 12.7. The molecule has 1 aromatic heterocycles. The Balaban J connectivity index is 1.53. The van der Waals surface area contributed by atoms with E-state index in [1.165, 1.54) is 38.5 Å². The number of pyridine rings is 1. The van der Waals surface area contributed by atoms with Crippen LogP contribution in [0.15, 0.2) is 17.7 Å². The first-order valence-electron chi connectivity index (χ1n) is 9.93. The lowest BCUT2D eigenvalue weighted by Gasteiger charge is -2.49. The minimum Gasteiger partial charge on any atom is -0.369 e. The monoisotopic (exact) mass is 347 g/mol. The first-order chi connectivity index (χ1) is 12.7. The molecule has 134 valence electrons. The van der Waals surface area contributed by atoms with Gasteiger partial charge in [0.25, 0.3) is 0 Å². The van der Waals surface area contributed by atoms with Gasteiger partial charge in [-0.05, 0) is 49.1 Å². The number of anilines is 1. The number of nitrogens with zero attached hydrogens (tertiary/aromatic N) is 3. The summed E-state index contributed by atoms with van der Waals surface area (Å²) in [5.41, 5.74) is 4.01. The van der Waals surface area contributed by atoms with E-state index in [0.717, 1.165) is 49.0 Å². The molecule has 26 heavy (non-hydrogen) atoms. The Morgan fingerprint density at radius 2 is 1.77 bits per heavy atom. The molecule has 3 fully saturated rings. The summed E-state index contributed by atoms with van der Waals surface area (Å²) in [7, 11) is 0. The smallest absolute Gasteiger partial charge is 0.177 e. The van der Waals surface area contributed by atoms with Gasteiger partial charge in [-0.2, -0.15) is 0 Å². The van der Waals surface area contributed by atoms with Crippen molar-refractivity contribution in [1.29, 1.82) is 0 Å². The molecule has 0 unspecified atom stereocenters. The predicted octanol–water partition coefficient (Wildman–Crippen LogP) is 3.03. The zero-order chi connectivity index (χ0) is 17.7. The highest BCUT2D eigenvalue weighted by atomic mass is 16.1. The maximum Gasteiger partial charge on any atom is 0.177 e. The fourth-order valence-electron chi connectivity index (χ4n) is 4.90. The fraction of sp³-hybridized carbons (Fsp3) is 0.545. The Labute approximate surface area is 155 Å². The SMILES string of the molecule is C#CC1=C(N2CCC3(CCC3)CC2)c2nc(N3CCC3)ccc2CC1=O. The summed E-state index contributed by atoms with van der Waals surface area (Å²) >= 11 is 0. The van der Waals surface area contributed by atoms with Crippen molar-refractivity contribution < 1.29 is 4.79 Å². The summed E-state index contributed by atoms with van der Waals surface area (Å²) in [6.07, 6.45) is 13.9. The molecule has 0 N–H and O–H groups in total. The number of Topliss-reactive ketones (excluding diaryl/α,β-unsaturated/α-hetero) is 1. The topological polar surface area (TPSA) is 36.4 Å². The van der Waals surface area contributed by atoms with E-state index < -0.39 is 0 Å². The lowest BCUT2D eigenvalue weighted by molar-refractivity contribution is -0.114. The van der Waals surface area contributed by atoms with Crippen LogP contribution in [0.5, 0.6) is 0 Å². The predicted molar refractivity (Wildman–Crippen MR) is 103 cm³/mol. The number of carbonyl (C=O) groups excluding carboxylic acids is 1. The molecule has 4 aliphatic rings. The van der Waals surface area contributed by atoms with Crippen LogP contribution >= 0.6 is 0 Å². The molecule has 0 radical (unpaired) electrons. The molecule has 0 atom stereocenters. The number of hydrogen-bond donors (Lipinski definition) is 0. The Kier molecular flexibility index (Phi) is 3.60. The van der Waals surface area contributed by atoms with Crippen LogP contribution in [-0.2, 0) is 11.2 Å². The molecule has 4 heteroatoms. The van der Waals surface area contributed by atoms with E-state index in [4.69, 9.17) is 11.4 Å². The van der Waals surface area contributed by atoms with Gasteiger partial charge in [-0.1, -0.05) is 18.4 Å². The summed E-state index contributed by atoms with van der Waals surface area (Å²) in [5, 5.41) is 0. The Hall–Kier alpha value is -2.28. The van der Waals surface area contributed by atoms with Crippen molar-refractivity contribution in [3.05, 3.63) is 29.0 Å². The van der Waals surface area contributed by atoms with Crippen LogP contribution in [0.1, 0.15) is 49.8 Å². The molecule has 1 spiro atoms. The molecule has 3 heterocycles. The van der Waals surface area contributed by atoms with E-state index in [9.17, 15) is 4.79 Å². The summed E-state index contributed by atoms with van der Waals surface area (Å²) in [6.45, 7) is 4.11. The van der Waals surface area contributed by atoms with Crippen LogP contribution in [0.25, 0.3) is 5.70 Å². The molecular weight excluding hydrogens is 322 g/mol. The zero-order valence-corrected chi connectivity index (χ0v) is 15.3. The highest BCUT2D eigenvalue weighted by molar-refractivity contribution is 6.09. The molecule has 2 saturated heterocycles. The summed E-state index contributed by atoms with van der Waals surface area (Å²) in [5.74, 6) is 3.79. The second kappa shape index (κ2) is 5.87. The Morgan fingerprint density at radius 1 is 1.00 bits per heavy atom. The second-order valence-electron chi connectivity index (χ2n) is 8.33. The number of terminal acetylenes is 1. The number of allylic oxidation sites excluding steroid dienone is 1. The second-order valence-corrected chi connectivity index (χ2v) is 8.33. The number of hydrogen-bond acceptors (Lipinski definition) is 4. The summed E-state index contributed by atoms with van der Waals surface area (Å²) in [4.78, 5) is 22.3. The number of rotatable bonds is 2.